The van der Waals surface area contributed by atoms with Crippen molar-refractivity contribution in [2.24, 2.45) is 0 Å². The van der Waals surface area contributed by atoms with E-state index in [9.17, 15) is 9.59 Å². The molecule has 5 N–H and O–H groups in total. The minimum absolute atomic E-state index is 0.200. The van der Waals surface area contributed by atoms with Crippen LogP contribution in [0.25, 0.3) is 0 Å². The Bertz CT molecular complexity index is 381. The number of rotatable bonds is 5. The molecular formula is C13H23N3O6. The fourth-order valence-electron chi connectivity index (χ4n) is 1.84. The molecule has 0 radical (unpaired) electrons. The van der Waals surface area contributed by atoms with Gasteiger partial charge in [-0.1, -0.05) is 19.8 Å². The molecule has 0 heterocycles. The standard InChI is InChI=1S/C11H21N3O2.C2H2O4/c1-2-7-12-8-10(15)14-11(16)13-9-5-3-4-6-9;3-1(4)2(5)6/h9,12H,2-8H2,1H3,(H2,13,14,15,16);(H,3,4)(H,5,6). The van der Waals surface area contributed by atoms with E-state index in [1.807, 2.05) is 6.92 Å². The van der Waals surface area contributed by atoms with Gasteiger partial charge in [0.15, 0.2) is 0 Å². The number of carboxylic acid groups (broad SMARTS) is 2. The molecule has 0 bridgehead atoms. The number of hydrogen-bond donors (Lipinski definition) is 5. The van der Waals surface area contributed by atoms with Crippen molar-refractivity contribution in [3.8, 4) is 0 Å². The Labute approximate surface area is 128 Å². The lowest BCUT2D eigenvalue weighted by molar-refractivity contribution is -0.159. The number of carbonyl (C=O) groups excluding carboxylic acids is 2. The largest absolute Gasteiger partial charge is 0.473 e. The smallest absolute Gasteiger partial charge is 0.414 e. The van der Waals surface area contributed by atoms with E-state index in [1.54, 1.807) is 0 Å². The lowest BCUT2D eigenvalue weighted by Crippen LogP contribution is -2.46. The first-order valence-corrected chi connectivity index (χ1v) is 7.14. The molecule has 9 nitrogen and oxygen atoms in total. The van der Waals surface area contributed by atoms with Gasteiger partial charge in [-0.3, -0.25) is 10.1 Å². The summed E-state index contributed by atoms with van der Waals surface area (Å²) < 4.78 is 0. The summed E-state index contributed by atoms with van der Waals surface area (Å²) in [6, 6.07) is -0.119. The van der Waals surface area contributed by atoms with Crippen LogP contribution in [0.5, 0.6) is 0 Å². The Kier molecular flexibility index (Phi) is 10.4. The highest BCUT2D eigenvalue weighted by Crippen LogP contribution is 2.17. The predicted octanol–water partition coefficient (Wildman–Crippen LogP) is -0.0900. The van der Waals surface area contributed by atoms with Gasteiger partial charge in [-0.25, -0.2) is 14.4 Å². The van der Waals surface area contributed by atoms with Crippen LogP contribution in [-0.2, 0) is 14.4 Å². The van der Waals surface area contributed by atoms with Gasteiger partial charge in [-0.2, -0.15) is 0 Å². The third kappa shape index (κ3) is 10.6. The van der Waals surface area contributed by atoms with Crippen LogP contribution in [0.4, 0.5) is 4.79 Å². The molecule has 1 rings (SSSR count). The first kappa shape index (κ1) is 19.8. The van der Waals surface area contributed by atoms with Gasteiger partial charge in [-0.15, -0.1) is 0 Å². The number of carbonyl (C=O) groups is 4. The lowest BCUT2D eigenvalue weighted by Gasteiger charge is -2.12. The van der Waals surface area contributed by atoms with Crippen LogP contribution < -0.4 is 16.0 Å². The number of imide groups is 1. The van der Waals surface area contributed by atoms with E-state index < -0.39 is 11.9 Å². The number of urea groups is 1. The Morgan fingerprint density at radius 2 is 1.59 bits per heavy atom. The van der Waals surface area contributed by atoms with E-state index in [4.69, 9.17) is 19.8 Å². The fourth-order valence-corrected chi connectivity index (χ4v) is 1.84. The van der Waals surface area contributed by atoms with Crippen molar-refractivity contribution < 1.29 is 29.4 Å². The van der Waals surface area contributed by atoms with E-state index >= 15 is 0 Å². The third-order valence-corrected chi connectivity index (χ3v) is 2.84. The second kappa shape index (κ2) is 11.5. The van der Waals surface area contributed by atoms with Crippen LogP contribution in [-0.4, -0.2) is 53.2 Å². The Morgan fingerprint density at radius 1 is 1.05 bits per heavy atom. The van der Waals surface area contributed by atoms with Crippen molar-refractivity contribution in [1.82, 2.24) is 16.0 Å². The summed E-state index contributed by atoms with van der Waals surface area (Å²) in [5, 5.41) is 22.8. The Balaban J connectivity index is 0.000000626. The summed E-state index contributed by atoms with van der Waals surface area (Å²) >= 11 is 0. The summed E-state index contributed by atoms with van der Waals surface area (Å²) in [6.45, 7) is 3.02. The highest BCUT2D eigenvalue weighted by Gasteiger charge is 2.17. The molecule has 0 unspecified atom stereocenters. The molecule has 1 aliphatic rings. The zero-order chi connectivity index (χ0) is 17.0. The second-order valence-electron chi connectivity index (χ2n) is 4.79. The van der Waals surface area contributed by atoms with E-state index in [2.05, 4.69) is 16.0 Å². The van der Waals surface area contributed by atoms with Crippen molar-refractivity contribution in [2.75, 3.05) is 13.1 Å². The molecule has 9 heteroatoms. The number of carboxylic acids is 2. The van der Waals surface area contributed by atoms with Gasteiger partial charge in [0.05, 0.1) is 6.54 Å². The molecule has 0 aliphatic heterocycles. The summed E-state index contributed by atoms with van der Waals surface area (Å²) in [4.78, 5) is 40.8. The first-order valence-electron chi connectivity index (χ1n) is 7.14. The maximum atomic E-state index is 11.4. The van der Waals surface area contributed by atoms with Gasteiger partial charge >= 0.3 is 18.0 Å². The number of amides is 3. The minimum Gasteiger partial charge on any atom is -0.473 e. The maximum absolute atomic E-state index is 11.4. The van der Waals surface area contributed by atoms with Crippen molar-refractivity contribution in [2.45, 2.75) is 45.1 Å². The average Bonchev–Trinajstić information content (AvgIpc) is 2.92. The van der Waals surface area contributed by atoms with E-state index in [1.165, 1.54) is 0 Å². The van der Waals surface area contributed by atoms with Gasteiger partial charge in [0, 0.05) is 6.04 Å². The second-order valence-corrected chi connectivity index (χ2v) is 4.79. The first-order chi connectivity index (χ1) is 10.4. The molecule has 1 saturated carbocycles. The maximum Gasteiger partial charge on any atom is 0.414 e. The number of aliphatic carboxylic acids is 2. The molecule has 126 valence electrons. The third-order valence-electron chi connectivity index (χ3n) is 2.84. The van der Waals surface area contributed by atoms with Crippen molar-refractivity contribution in [3.63, 3.8) is 0 Å². The van der Waals surface area contributed by atoms with E-state index in [-0.39, 0.29) is 24.5 Å². The normalized spacial score (nSPS) is 13.7. The molecular weight excluding hydrogens is 294 g/mol. The summed E-state index contributed by atoms with van der Waals surface area (Å²) in [5.74, 6) is -3.92. The lowest BCUT2D eigenvalue weighted by atomic mass is 10.2. The highest BCUT2D eigenvalue weighted by atomic mass is 16.4. The van der Waals surface area contributed by atoms with E-state index in [0.29, 0.717) is 0 Å². The summed E-state index contributed by atoms with van der Waals surface area (Å²) in [7, 11) is 0. The molecule has 0 spiro atoms. The van der Waals surface area contributed by atoms with Gasteiger partial charge < -0.3 is 20.8 Å². The minimum atomic E-state index is -1.82. The topological polar surface area (TPSA) is 145 Å². The van der Waals surface area contributed by atoms with Crippen LogP contribution in [0.3, 0.4) is 0 Å². The zero-order valence-electron chi connectivity index (χ0n) is 12.6. The van der Waals surface area contributed by atoms with Crippen molar-refractivity contribution in [1.29, 1.82) is 0 Å². The molecule has 22 heavy (non-hydrogen) atoms. The number of nitrogens with one attached hydrogen (secondary N) is 3. The van der Waals surface area contributed by atoms with Crippen molar-refractivity contribution in [3.05, 3.63) is 0 Å². The van der Waals surface area contributed by atoms with Crippen molar-refractivity contribution >= 4 is 23.9 Å². The van der Waals surface area contributed by atoms with Crippen LogP contribution in [0, 0.1) is 0 Å². The molecule has 0 aromatic carbocycles. The number of hydrogen-bond acceptors (Lipinski definition) is 5. The molecule has 0 saturated heterocycles. The van der Waals surface area contributed by atoms with Crippen LogP contribution in [0.2, 0.25) is 0 Å². The SMILES string of the molecule is CCCNCC(=O)NC(=O)NC1CCCC1.O=C(O)C(=O)O. The van der Waals surface area contributed by atoms with Gasteiger partial charge in [-0.05, 0) is 25.8 Å². The Morgan fingerprint density at radius 3 is 2.05 bits per heavy atom. The zero-order valence-corrected chi connectivity index (χ0v) is 12.6. The van der Waals surface area contributed by atoms with Crippen LogP contribution in [0.1, 0.15) is 39.0 Å². The molecule has 0 atom stereocenters. The van der Waals surface area contributed by atoms with Gasteiger partial charge in [0.1, 0.15) is 0 Å². The fraction of sp³-hybridized carbons (Fsp3) is 0.692. The monoisotopic (exact) mass is 317 g/mol. The molecule has 0 aromatic heterocycles. The summed E-state index contributed by atoms with van der Waals surface area (Å²) in [6.07, 6.45) is 5.35. The van der Waals surface area contributed by atoms with Crippen LogP contribution in [0.15, 0.2) is 0 Å². The Hall–Kier alpha value is -2.16. The molecule has 3 amide bonds. The molecule has 1 fully saturated rings. The average molecular weight is 317 g/mol. The molecule has 1 aliphatic carbocycles. The van der Waals surface area contributed by atoms with Gasteiger partial charge in [0.25, 0.3) is 0 Å². The van der Waals surface area contributed by atoms with E-state index in [0.717, 1.165) is 38.6 Å². The molecule has 0 aromatic rings. The summed E-state index contributed by atoms with van der Waals surface area (Å²) in [5.41, 5.74) is 0. The highest BCUT2D eigenvalue weighted by molar-refractivity contribution is 6.27. The van der Waals surface area contributed by atoms with Gasteiger partial charge in [0.2, 0.25) is 5.91 Å². The quantitative estimate of drug-likeness (QED) is 0.352. The van der Waals surface area contributed by atoms with Crippen LogP contribution >= 0.6 is 0 Å². The predicted molar refractivity (Wildman–Crippen MR) is 77.4 cm³/mol.